The quantitative estimate of drug-likeness (QED) is 0.831. The van der Waals surface area contributed by atoms with Crippen LogP contribution in [0.4, 0.5) is 5.69 Å². The van der Waals surface area contributed by atoms with Crippen molar-refractivity contribution in [1.82, 2.24) is 5.43 Å². The van der Waals surface area contributed by atoms with Crippen LogP contribution in [-0.2, 0) is 4.79 Å². The second-order valence-corrected chi connectivity index (χ2v) is 5.92. The van der Waals surface area contributed by atoms with Gasteiger partial charge in [-0.15, -0.1) is 0 Å². The predicted molar refractivity (Wildman–Crippen MR) is 75.0 cm³/mol. The van der Waals surface area contributed by atoms with Crippen LogP contribution in [0.1, 0.15) is 44.0 Å². The Morgan fingerprint density at radius 3 is 2.68 bits per heavy atom. The van der Waals surface area contributed by atoms with Crippen molar-refractivity contribution in [2.24, 2.45) is 5.41 Å². The Balaban J connectivity index is 2.24. The summed E-state index contributed by atoms with van der Waals surface area (Å²) in [6.07, 6.45) is 1.40. The Morgan fingerprint density at radius 1 is 1.32 bits per heavy atom. The van der Waals surface area contributed by atoms with Crippen molar-refractivity contribution in [2.45, 2.75) is 33.6 Å². The fourth-order valence-corrected chi connectivity index (χ4v) is 2.10. The highest BCUT2D eigenvalue weighted by Gasteiger charge is 2.24. The lowest BCUT2D eigenvalue weighted by Crippen LogP contribution is -2.47. The number of nitrogens with one attached hydrogen (secondary N) is 1. The lowest BCUT2D eigenvalue weighted by atomic mass is 9.86. The van der Waals surface area contributed by atoms with Crippen molar-refractivity contribution >= 4 is 17.4 Å². The molecular formula is C15H20N2O2. The summed E-state index contributed by atoms with van der Waals surface area (Å²) in [6, 6.07) is 7.43. The predicted octanol–water partition coefficient (Wildman–Crippen LogP) is 2.55. The van der Waals surface area contributed by atoms with Crippen molar-refractivity contribution in [3.8, 4) is 0 Å². The highest BCUT2D eigenvalue weighted by Crippen LogP contribution is 2.24. The molecule has 0 saturated carbocycles. The average Bonchev–Trinajstić information content (AvgIpc) is 2.37. The van der Waals surface area contributed by atoms with Gasteiger partial charge in [0, 0.05) is 23.9 Å². The molecule has 0 radical (unpaired) electrons. The maximum absolute atomic E-state index is 12.3. The molecule has 0 unspecified atom stereocenters. The molecule has 1 heterocycles. The second-order valence-electron chi connectivity index (χ2n) is 5.92. The lowest BCUT2D eigenvalue weighted by Gasteiger charge is -2.29. The molecule has 19 heavy (non-hydrogen) atoms. The van der Waals surface area contributed by atoms with Gasteiger partial charge in [0.1, 0.15) is 0 Å². The maximum atomic E-state index is 12.3. The van der Waals surface area contributed by atoms with Crippen molar-refractivity contribution < 1.29 is 9.59 Å². The summed E-state index contributed by atoms with van der Waals surface area (Å²) in [5.74, 6) is 0.136. The number of anilines is 1. The van der Waals surface area contributed by atoms with E-state index < -0.39 is 5.41 Å². The summed E-state index contributed by atoms with van der Waals surface area (Å²) in [6.45, 7) is 6.50. The number of carbonyl (C=O) groups excluding carboxylic acids is 2. The lowest BCUT2D eigenvalue weighted by molar-refractivity contribution is -0.122. The largest absolute Gasteiger partial charge is 0.294 e. The molecule has 0 atom stereocenters. The third-order valence-corrected chi connectivity index (χ3v) is 3.15. The molecule has 0 bridgehead atoms. The molecule has 1 saturated heterocycles. The van der Waals surface area contributed by atoms with Gasteiger partial charge in [0.05, 0.1) is 5.69 Å². The standard InChI is InChI=1S/C15H20N2O2/c1-15(2,3)14(19)11-6-4-7-12(10-11)17-9-5-8-13(18)16-17/h4,6-7,10H,5,8-9H2,1-3H3,(H,16,18). The van der Waals surface area contributed by atoms with Crippen LogP contribution in [0.15, 0.2) is 24.3 Å². The first kappa shape index (κ1) is 13.6. The van der Waals surface area contributed by atoms with Crippen molar-refractivity contribution in [3.05, 3.63) is 29.8 Å². The number of hydrogen-bond donors (Lipinski definition) is 1. The number of hydrogen-bond acceptors (Lipinski definition) is 3. The van der Waals surface area contributed by atoms with Gasteiger partial charge in [-0.2, -0.15) is 0 Å². The van der Waals surface area contributed by atoms with Crippen molar-refractivity contribution in [1.29, 1.82) is 0 Å². The molecule has 1 fully saturated rings. The van der Waals surface area contributed by atoms with Crippen LogP contribution in [0.25, 0.3) is 0 Å². The molecule has 0 spiro atoms. The van der Waals surface area contributed by atoms with Gasteiger partial charge < -0.3 is 0 Å². The Morgan fingerprint density at radius 2 is 2.05 bits per heavy atom. The minimum atomic E-state index is -0.399. The van der Waals surface area contributed by atoms with Crippen LogP contribution >= 0.6 is 0 Å². The molecule has 1 aliphatic heterocycles. The molecular weight excluding hydrogens is 240 g/mol. The number of rotatable bonds is 2. The smallest absolute Gasteiger partial charge is 0.238 e. The van der Waals surface area contributed by atoms with Gasteiger partial charge >= 0.3 is 0 Å². The van der Waals surface area contributed by atoms with E-state index in [0.29, 0.717) is 12.0 Å². The van der Waals surface area contributed by atoms with Crippen LogP contribution in [0.5, 0.6) is 0 Å². The van der Waals surface area contributed by atoms with Crippen LogP contribution in [0.2, 0.25) is 0 Å². The van der Waals surface area contributed by atoms with E-state index in [1.54, 1.807) is 0 Å². The van der Waals surface area contributed by atoms with Crippen LogP contribution < -0.4 is 10.4 Å². The van der Waals surface area contributed by atoms with E-state index in [0.717, 1.165) is 18.7 Å². The Kier molecular flexibility index (Phi) is 3.60. The number of hydrazine groups is 1. The topological polar surface area (TPSA) is 49.4 Å². The summed E-state index contributed by atoms with van der Waals surface area (Å²) in [7, 11) is 0. The number of amides is 1. The third-order valence-electron chi connectivity index (χ3n) is 3.15. The third kappa shape index (κ3) is 3.13. The summed E-state index contributed by atoms with van der Waals surface area (Å²) in [4.78, 5) is 23.7. The minimum absolute atomic E-state index is 0.0267. The fourth-order valence-electron chi connectivity index (χ4n) is 2.10. The summed E-state index contributed by atoms with van der Waals surface area (Å²) >= 11 is 0. The number of ketones is 1. The van der Waals surface area contributed by atoms with Crippen molar-refractivity contribution in [3.63, 3.8) is 0 Å². The molecule has 4 nitrogen and oxygen atoms in total. The van der Waals surface area contributed by atoms with Gasteiger partial charge in [0.25, 0.3) is 0 Å². The number of Topliss-reactive ketones (excluding diaryl/α,β-unsaturated/α-hetero) is 1. The van der Waals surface area contributed by atoms with Gasteiger partial charge in [0.2, 0.25) is 5.91 Å². The normalized spacial score (nSPS) is 16.2. The molecule has 1 amide bonds. The molecule has 0 aliphatic carbocycles. The molecule has 2 rings (SSSR count). The molecule has 102 valence electrons. The van der Waals surface area contributed by atoms with E-state index >= 15 is 0 Å². The van der Waals surface area contributed by atoms with E-state index in [2.05, 4.69) is 5.43 Å². The van der Waals surface area contributed by atoms with Crippen LogP contribution in [-0.4, -0.2) is 18.2 Å². The van der Waals surface area contributed by atoms with Crippen LogP contribution in [0.3, 0.4) is 0 Å². The van der Waals surface area contributed by atoms with Gasteiger partial charge in [-0.05, 0) is 18.6 Å². The van der Waals surface area contributed by atoms with Gasteiger partial charge in [-0.3, -0.25) is 20.0 Å². The second kappa shape index (κ2) is 5.03. The number of carbonyl (C=O) groups is 2. The van der Waals surface area contributed by atoms with E-state index in [1.165, 1.54) is 0 Å². The number of benzene rings is 1. The SMILES string of the molecule is CC(C)(C)C(=O)c1cccc(N2CCCC(=O)N2)c1. The van der Waals surface area contributed by atoms with E-state index in [1.807, 2.05) is 50.0 Å². The highest BCUT2D eigenvalue weighted by atomic mass is 16.2. The van der Waals surface area contributed by atoms with E-state index in [-0.39, 0.29) is 11.7 Å². The monoisotopic (exact) mass is 260 g/mol. The summed E-state index contributed by atoms with van der Waals surface area (Å²) < 4.78 is 0. The Labute approximate surface area is 113 Å². The zero-order valence-corrected chi connectivity index (χ0v) is 11.7. The van der Waals surface area contributed by atoms with Crippen LogP contribution in [0, 0.1) is 5.41 Å². The summed E-state index contributed by atoms with van der Waals surface area (Å²) in [5, 5.41) is 1.81. The van der Waals surface area contributed by atoms with Crippen molar-refractivity contribution in [2.75, 3.05) is 11.6 Å². The molecule has 0 aromatic heterocycles. The molecule has 1 aromatic rings. The van der Waals surface area contributed by atoms with Gasteiger partial charge in [0.15, 0.2) is 5.78 Å². The number of nitrogens with zero attached hydrogens (tertiary/aromatic N) is 1. The van der Waals surface area contributed by atoms with E-state index in [9.17, 15) is 9.59 Å². The molecule has 1 aromatic carbocycles. The first-order chi connectivity index (χ1) is 8.88. The fraction of sp³-hybridized carbons (Fsp3) is 0.467. The molecule has 1 aliphatic rings. The average molecular weight is 260 g/mol. The Hall–Kier alpha value is -1.84. The zero-order valence-electron chi connectivity index (χ0n) is 11.7. The highest BCUT2D eigenvalue weighted by molar-refractivity contribution is 6.00. The van der Waals surface area contributed by atoms with E-state index in [4.69, 9.17) is 0 Å². The first-order valence-corrected chi connectivity index (χ1v) is 6.60. The molecule has 1 N–H and O–H groups in total. The summed E-state index contributed by atoms with van der Waals surface area (Å²) in [5.41, 5.74) is 3.97. The van der Waals surface area contributed by atoms with Gasteiger partial charge in [-0.25, -0.2) is 0 Å². The maximum Gasteiger partial charge on any atom is 0.238 e. The first-order valence-electron chi connectivity index (χ1n) is 6.60. The zero-order chi connectivity index (χ0) is 14.0. The molecule has 4 heteroatoms. The Bertz CT molecular complexity index is 503. The minimum Gasteiger partial charge on any atom is -0.294 e. The van der Waals surface area contributed by atoms with Gasteiger partial charge in [-0.1, -0.05) is 32.9 Å².